The maximum absolute atomic E-state index is 13.1. The summed E-state index contributed by atoms with van der Waals surface area (Å²) in [4.78, 5) is 3.59. The van der Waals surface area contributed by atoms with Crippen molar-refractivity contribution in [3.05, 3.63) is 41.0 Å². The zero-order chi connectivity index (χ0) is 11.8. The number of nitrogens with zero attached hydrogens (tertiary/aromatic N) is 1. The van der Waals surface area contributed by atoms with Crippen LogP contribution in [0.15, 0.2) is 30.3 Å². The van der Waals surface area contributed by atoms with Gasteiger partial charge in [-0.05, 0) is 48.7 Å². The van der Waals surface area contributed by atoms with Crippen LogP contribution in [-0.4, -0.2) is 25.0 Å². The first-order valence-corrected chi connectivity index (χ1v) is 6.61. The van der Waals surface area contributed by atoms with Crippen molar-refractivity contribution in [2.75, 3.05) is 20.1 Å². The highest BCUT2D eigenvalue weighted by molar-refractivity contribution is 7.20. The van der Waals surface area contributed by atoms with Gasteiger partial charge in [0.2, 0.25) is 0 Å². The first kappa shape index (κ1) is 10.9. The summed E-state index contributed by atoms with van der Waals surface area (Å²) in [5.74, 6) is -0.154. The molecule has 0 amide bonds. The molecule has 0 N–H and O–H groups in total. The van der Waals surface area contributed by atoms with Crippen LogP contribution in [0, 0.1) is 5.82 Å². The molecule has 0 unspecified atom stereocenters. The Morgan fingerprint density at radius 3 is 2.94 bits per heavy atom. The van der Waals surface area contributed by atoms with E-state index in [1.54, 1.807) is 17.4 Å². The van der Waals surface area contributed by atoms with Crippen LogP contribution in [0.2, 0.25) is 0 Å². The lowest BCUT2D eigenvalue weighted by molar-refractivity contribution is 0.370. The van der Waals surface area contributed by atoms with E-state index in [1.807, 2.05) is 6.07 Å². The molecular weight excluding hydrogens is 233 g/mol. The first-order chi connectivity index (χ1) is 8.22. The van der Waals surface area contributed by atoms with E-state index < -0.39 is 0 Å². The first-order valence-electron chi connectivity index (χ1n) is 5.79. The Kier molecular flexibility index (Phi) is 2.73. The van der Waals surface area contributed by atoms with Crippen molar-refractivity contribution in [2.45, 2.75) is 6.42 Å². The number of halogens is 1. The van der Waals surface area contributed by atoms with E-state index in [4.69, 9.17) is 0 Å². The number of hydrogen-bond acceptors (Lipinski definition) is 2. The molecule has 1 aliphatic heterocycles. The quantitative estimate of drug-likeness (QED) is 0.741. The number of fused-ring (bicyclic) bond motifs is 1. The predicted molar refractivity (Wildman–Crippen MR) is 71.9 cm³/mol. The third-order valence-corrected chi connectivity index (χ3v) is 4.40. The van der Waals surface area contributed by atoms with Gasteiger partial charge in [-0.25, -0.2) is 4.39 Å². The van der Waals surface area contributed by atoms with Crippen LogP contribution in [0.5, 0.6) is 0 Å². The lowest BCUT2D eigenvalue weighted by atomic mass is 10.1. The number of thiophene rings is 1. The third kappa shape index (κ3) is 2.13. The molecule has 17 heavy (non-hydrogen) atoms. The van der Waals surface area contributed by atoms with E-state index >= 15 is 0 Å². The summed E-state index contributed by atoms with van der Waals surface area (Å²) < 4.78 is 14.3. The van der Waals surface area contributed by atoms with Gasteiger partial charge < -0.3 is 4.90 Å². The minimum atomic E-state index is -0.154. The molecule has 0 saturated heterocycles. The summed E-state index contributed by atoms with van der Waals surface area (Å²) in [6.45, 7) is 2.12. The van der Waals surface area contributed by atoms with Crippen LogP contribution in [0.4, 0.5) is 4.39 Å². The average Bonchev–Trinajstić information content (AvgIpc) is 2.72. The molecule has 1 nitrogen and oxygen atoms in total. The zero-order valence-corrected chi connectivity index (χ0v) is 10.6. The minimum absolute atomic E-state index is 0.154. The van der Waals surface area contributed by atoms with Crippen molar-refractivity contribution in [1.82, 2.24) is 4.90 Å². The highest BCUT2D eigenvalue weighted by Gasteiger charge is 2.12. The Balaban J connectivity index is 2.01. The summed E-state index contributed by atoms with van der Waals surface area (Å²) in [6.07, 6.45) is 3.37. The molecule has 2 heterocycles. The summed E-state index contributed by atoms with van der Waals surface area (Å²) in [5, 5.41) is 1.02. The van der Waals surface area contributed by atoms with Crippen LogP contribution in [0.3, 0.4) is 0 Å². The van der Waals surface area contributed by atoms with E-state index in [-0.39, 0.29) is 5.82 Å². The van der Waals surface area contributed by atoms with Gasteiger partial charge in [-0.1, -0.05) is 6.08 Å². The molecule has 0 fully saturated rings. The van der Waals surface area contributed by atoms with E-state index in [9.17, 15) is 4.39 Å². The van der Waals surface area contributed by atoms with E-state index in [0.29, 0.717) is 0 Å². The minimum Gasteiger partial charge on any atom is -0.302 e. The van der Waals surface area contributed by atoms with Crippen molar-refractivity contribution in [3.63, 3.8) is 0 Å². The molecule has 1 aromatic carbocycles. The predicted octanol–water partition coefficient (Wildman–Crippen LogP) is 3.76. The van der Waals surface area contributed by atoms with Crippen molar-refractivity contribution in [1.29, 1.82) is 0 Å². The van der Waals surface area contributed by atoms with Gasteiger partial charge in [-0.2, -0.15) is 0 Å². The Morgan fingerprint density at radius 1 is 1.29 bits per heavy atom. The lowest BCUT2D eigenvalue weighted by Crippen LogP contribution is -2.23. The molecule has 0 bridgehead atoms. The fourth-order valence-corrected chi connectivity index (χ4v) is 3.28. The molecule has 0 saturated carbocycles. The van der Waals surface area contributed by atoms with Crippen LogP contribution in [-0.2, 0) is 0 Å². The van der Waals surface area contributed by atoms with Gasteiger partial charge in [0.05, 0.1) is 0 Å². The molecular formula is C14H14FNS. The second-order valence-electron chi connectivity index (χ2n) is 4.53. The van der Waals surface area contributed by atoms with Gasteiger partial charge in [-0.3, -0.25) is 0 Å². The standard InChI is InChI=1S/C14H14FNS/c1-16-6-4-10(5-7-16)14-9-11-8-12(15)2-3-13(11)17-14/h2-4,8-9H,5-7H2,1H3. The van der Waals surface area contributed by atoms with Gasteiger partial charge in [0, 0.05) is 22.7 Å². The van der Waals surface area contributed by atoms with Crippen molar-refractivity contribution >= 4 is 27.0 Å². The van der Waals surface area contributed by atoms with Gasteiger partial charge >= 0.3 is 0 Å². The summed E-state index contributed by atoms with van der Waals surface area (Å²) in [6, 6.07) is 7.13. The number of rotatable bonds is 1. The smallest absolute Gasteiger partial charge is 0.123 e. The van der Waals surface area contributed by atoms with Gasteiger partial charge in [0.15, 0.2) is 0 Å². The molecule has 2 aromatic rings. The van der Waals surface area contributed by atoms with Gasteiger partial charge in [-0.15, -0.1) is 11.3 Å². The molecule has 1 aliphatic rings. The van der Waals surface area contributed by atoms with E-state index in [0.717, 1.165) is 24.9 Å². The average molecular weight is 247 g/mol. The highest BCUT2D eigenvalue weighted by atomic mass is 32.1. The second-order valence-corrected chi connectivity index (χ2v) is 5.62. The highest BCUT2D eigenvalue weighted by Crippen LogP contribution is 2.33. The fraction of sp³-hybridized carbons (Fsp3) is 0.286. The van der Waals surface area contributed by atoms with Gasteiger partial charge in [0.1, 0.15) is 5.82 Å². The molecule has 0 atom stereocenters. The van der Waals surface area contributed by atoms with Crippen molar-refractivity contribution < 1.29 is 4.39 Å². The van der Waals surface area contributed by atoms with Gasteiger partial charge in [0.25, 0.3) is 0 Å². The normalized spacial score (nSPS) is 17.4. The zero-order valence-electron chi connectivity index (χ0n) is 9.74. The number of likely N-dealkylation sites (N-methyl/N-ethyl adjacent to an activating group) is 1. The number of hydrogen-bond donors (Lipinski definition) is 0. The maximum Gasteiger partial charge on any atom is 0.123 e. The second kappa shape index (κ2) is 4.24. The van der Waals surface area contributed by atoms with Crippen LogP contribution >= 0.6 is 11.3 Å². The molecule has 0 spiro atoms. The summed E-state index contributed by atoms with van der Waals surface area (Å²) in [7, 11) is 2.13. The van der Waals surface area contributed by atoms with E-state index in [2.05, 4.69) is 24.1 Å². The molecule has 0 radical (unpaired) electrons. The van der Waals surface area contributed by atoms with Crippen LogP contribution in [0.25, 0.3) is 15.7 Å². The summed E-state index contributed by atoms with van der Waals surface area (Å²) >= 11 is 1.76. The SMILES string of the molecule is CN1CC=C(c2cc3cc(F)ccc3s2)CC1. The Hall–Kier alpha value is -1.19. The van der Waals surface area contributed by atoms with Crippen molar-refractivity contribution in [2.24, 2.45) is 0 Å². The topological polar surface area (TPSA) is 3.24 Å². The largest absolute Gasteiger partial charge is 0.302 e. The lowest BCUT2D eigenvalue weighted by Gasteiger charge is -2.21. The van der Waals surface area contributed by atoms with Crippen molar-refractivity contribution in [3.8, 4) is 0 Å². The molecule has 3 heteroatoms. The molecule has 0 aliphatic carbocycles. The van der Waals surface area contributed by atoms with E-state index in [1.165, 1.54) is 21.2 Å². The maximum atomic E-state index is 13.1. The molecule has 88 valence electrons. The monoisotopic (exact) mass is 247 g/mol. The number of benzene rings is 1. The Morgan fingerprint density at radius 2 is 2.18 bits per heavy atom. The summed E-state index contributed by atoms with van der Waals surface area (Å²) in [5.41, 5.74) is 1.41. The molecule has 1 aromatic heterocycles. The Bertz CT molecular complexity index is 585. The van der Waals surface area contributed by atoms with Crippen LogP contribution in [0.1, 0.15) is 11.3 Å². The van der Waals surface area contributed by atoms with Crippen LogP contribution < -0.4 is 0 Å². The fourth-order valence-electron chi connectivity index (χ4n) is 2.17. The Labute approximate surface area is 104 Å². The third-order valence-electron chi connectivity index (χ3n) is 3.21. The molecule has 3 rings (SSSR count).